The molecule has 0 saturated heterocycles. The highest BCUT2D eigenvalue weighted by Gasteiger charge is 2.30. The van der Waals surface area contributed by atoms with Crippen molar-refractivity contribution in [2.45, 2.75) is 38.6 Å². The van der Waals surface area contributed by atoms with Crippen LogP contribution in [0.3, 0.4) is 0 Å². The summed E-state index contributed by atoms with van der Waals surface area (Å²) in [6.45, 7) is 1.76. The number of carbonyl (C=O) groups excluding carboxylic acids is 3. The molecule has 11 heteroatoms. The van der Waals surface area contributed by atoms with Gasteiger partial charge in [-0.2, -0.15) is 4.98 Å². The van der Waals surface area contributed by atoms with Crippen LogP contribution in [0, 0.1) is 12.3 Å². The number of aromatic nitrogens is 2. The van der Waals surface area contributed by atoms with Gasteiger partial charge in [-0.3, -0.25) is 14.4 Å². The molecule has 1 unspecified atom stereocenters. The van der Waals surface area contributed by atoms with Gasteiger partial charge >= 0.3 is 0 Å². The first-order valence-electron chi connectivity index (χ1n) is 8.19. The average molecular weight is 385 g/mol. The Morgan fingerprint density at radius 1 is 1.38 bits per heavy atom. The maximum Gasteiger partial charge on any atom is 0.296 e. The van der Waals surface area contributed by atoms with E-state index in [9.17, 15) is 22.8 Å². The maximum atomic E-state index is 12.3. The van der Waals surface area contributed by atoms with Crippen molar-refractivity contribution >= 4 is 27.4 Å². The zero-order valence-corrected chi connectivity index (χ0v) is 15.1. The van der Waals surface area contributed by atoms with Crippen LogP contribution < -0.4 is 11.1 Å². The van der Waals surface area contributed by atoms with Gasteiger partial charge in [0.1, 0.15) is 6.04 Å². The SMILES string of the molecule is CCc1noc(C(=O)C(CC(N)=O)NC(=O)[CH]CS(=O)(=O)CC2CC2)n1. The van der Waals surface area contributed by atoms with Crippen LogP contribution in [0.2, 0.25) is 0 Å². The van der Waals surface area contributed by atoms with E-state index >= 15 is 0 Å². The van der Waals surface area contributed by atoms with Crippen molar-refractivity contribution in [3.63, 3.8) is 0 Å². The predicted molar refractivity (Wildman–Crippen MR) is 89.4 cm³/mol. The first kappa shape index (κ1) is 20.0. The summed E-state index contributed by atoms with van der Waals surface area (Å²) in [4.78, 5) is 39.4. The standard InChI is InChI=1S/C15H21N4O6S/c1-2-12-18-15(25-19-12)14(22)10(7-11(16)20)17-13(21)5-6-26(23,24)8-9-3-4-9/h5,9-10H,2-4,6-8H2,1H3,(H2,16,20)(H,17,21). The van der Waals surface area contributed by atoms with Crippen molar-refractivity contribution in [2.75, 3.05) is 11.5 Å². The summed E-state index contributed by atoms with van der Waals surface area (Å²) < 4.78 is 28.5. The number of aryl methyl sites for hydroxylation is 1. The Morgan fingerprint density at radius 3 is 2.62 bits per heavy atom. The summed E-state index contributed by atoms with van der Waals surface area (Å²) in [6, 6.07) is -1.31. The highest BCUT2D eigenvalue weighted by atomic mass is 32.2. The van der Waals surface area contributed by atoms with Gasteiger partial charge in [0, 0.05) is 6.42 Å². The molecule has 0 bridgehead atoms. The van der Waals surface area contributed by atoms with Gasteiger partial charge in [0.2, 0.25) is 17.6 Å². The molecule has 1 saturated carbocycles. The molecule has 0 aliphatic heterocycles. The number of ketones is 1. The van der Waals surface area contributed by atoms with Crippen molar-refractivity contribution < 1.29 is 27.3 Å². The molecular weight excluding hydrogens is 364 g/mol. The smallest absolute Gasteiger partial charge is 0.296 e. The quantitative estimate of drug-likeness (QED) is 0.468. The second-order valence-electron chi connectivity index (χ2n) is 6.19. The summed E-state index contributed by atoms with van der Waals surface area (Å²) in [7, 11) is -3.38. The number of hydrogen-bond acceptors (Lipinski definition) is 8. The predicted octanol–water partition coefficient (Wildman–Crippen LogP) is -0.796. The average Bonchev–Trinajstić information content (AvgIpc) is 3.23. The molecule has 1 heterocycles. The summed E-state index contributed by atoms with van der Waals surface area (Å²) in [5.74, 6) is -2.65. The molecular formula is C15H21N4O6S. The Balaban J connectivity index is 1.96. The number of sulfone groups is 1. The van der Waals surface area contributed by atoms with Crippen LogP contribution >= 0.6 is 0 Å². The number of nitrogens with one attached hydrogen (secondary N) is 1. The zero-order valence-electron chi connectivity index (χ0n) is 14.3. The monoisotopic (exact) mass is 385 g/mol. The molecule has 1 radical (unpaired) electrons. The maximum absolute atomic E-state index is 12.3. The topological polar surface area (TPSA) is 162 Å². The third-order valence-corrected chi connectivity index (χ3v) is 5.40. The summed E-state index contributed by atoms with van der Waals surface area (Å²) in [5.41, 5.74) is 5.11. The van der Waals surface area contributed by atoms with Crippen molar-refractivity contribution in [3.05, 3.63) is 18.1 Å². The summed E-state index contributed by atoms with van der Waals surface area (Å²) in [5, 5.41) is 5.85. The van der Waals surface area contributed by atoms with E-state index < -0.39 is 45.7 Å². The van der Waals surface area contributed by atoms with Crippen LogP contribution in [0.4, 0.5) is 0 Å². The van der Waals surface area contributed by atoms with Crippen molar-refractivity contribution in [1.82, 2.24) is 15.5 Å². The molecule has 26 heavy (non-hydrogen) atoms. The Hall–Kier alpha value is -2.30. The van der Waals surface area contributed by atoms with E-state index in [0.29, 0.717) is 12.2 Å². The first-order chi connectivity index (χ1) is 12.2. The normalized spacial score (nSPS) is 15.4. The molecule has 143 valence electrons. The molecule has 0 aromatic carbocycles. The van der Waals surface area contributed by atoms with Gasteiger partial charge in [0.15, 0.2) is 15.7 Å². The van der Waals surface area contributed by atoms with Crippen LogP contribution in [0.15, 0.2) is 4.52 Å². The number of Topliss-reactive ketones (excluding diaryl/α,β-unsaturated/α-hetero) is 1. The lowest BCUT2D eigenvalue weighted by Gasteiger charge is -2.14. The molecule has 0 spiro atoms. The van der Waals surface area contributed by atoms with Crippen molar-refractivity contribution in [3.8, 4) is 0 Å². The highest BCUT2D eigenvalue weighted by molar-refractivity contribution is 7.91. The van der Waals surface area contributed by atoms with Gasteiger partial charge in [-0.05, 0) is 18.8 Å². The second-order valence-corrected chi connectivity index (χ2v) is 8.34. The third-order valence-electron chi connectivity index (χ3n) is 3.74. The molecule has 3 N–H and O–H groups in total. The molecule has 1 aromatic heterocycles. The Morgan fingerprint density at radius 2 is 2.08 bits per heavy atom. The molecule has 1 fully saturated rings. The van der Waals surface area contributed by atoms with E-state index in [-0.39, 0.29) is 17.6 Å². The van der Waals surface area contributed by atoms with Gasteiger partial charge in [0.25, 0.3) is 5.89 Å². The van der Waals surface area contributed by atoms with Gasteiger partial charge < -0.3 is 15.6 Å². The number of carbonyl (C=O) groups is 3. The molecule has 2 rings (SSSR count). The molecule has 2 amide bonds. The Kier molecular flexibility index (Phi) is 6.46. The van der Waals surface area contributed by atoms with Crippen LogP contribution in [-0.2, 0) is 25.8 Å². The van der Waals surface area contributed by atoms with Crippen molar-refractivity contribution in [1.29, 1.82) is 0 Å². The number of nitrogens with two attached hydrogens (primary N) is 1. The lowest BCUT2D eigenvalue weighted by atomic mass is 10.1. The number of amides is 2. The molecule has 1 aliphatic carbocycles. The number of hydrogen-bond donors (Lipinski definition) is 2. The Bertz CT molecular complexity index is 784. The van der Waals surface area contributed by atoms with Crippen LogP contribution in [0.5, 0.6) is 0 Å². The number of rotatable bonds is 11. The summed E-state index contributed by atoms with van der Waals surface area (Å²) >= 11 is 0. The first-order valence-corrected chi connectivity index (χ1v) is 10.0. The fourth-order valence-corrected chi connectivity index (χ4v) is 3.80. The number of primary amides is 1. The van der Waals surface area contributed by atoms with E-state index in [0.717, 1.165) is 19.3 Å². The minimum atomic E-state index is -3.38. The fourth-order valence-electron chi connectivity index (χ4n) is 2.20. The van der Waals surface area contributed by atoms with E-state index in [1.807, 2.05) is 0 Å². The lowest BCUT2D eigenvalue weighted by molar-refractivity contribution is -0.119. The molecule has 1 atom stereocenters. The van der Waals surface area contributed by atoms with Crippen LogP contribution in [0.25, 0.3) is 0 Å². The minimum absolute atomic E-state index is 0.0439. The second kappa shape index (κ2) is 8.39. The van der Waals surface area contributed by atoms with Gasteiger partial charge in [0.05, 0.1) is 24.3 Å². The molecule has 1 aromatic rings. The van der Waals surface area contributed by atoms with E-state index in [1.54, 1.807) is 6.92 Å². The highest BCUT2D eigenvalue weighted by Crippen LogP contribution is 2.30. The third kappa shape index (κ3) is 6.21. The zero-order chi connectivity index (χ0) is 19.3. The van der Waals surface area contributed by atoms with Gasteiger partial charge in [-0.1, -0.05) is 12.1 Å². The fraction of sp³-hybridized carbons (Fsp3) is 0.600. The van der Waals surface area contributed by atoms with E-state index in [1.165, 1.54) is 0 Å². The van der Waals surface area contributed by atoms with Crippen LogP contribution in [-0.4, -0.2) is 53.7 Å². The molecule has 10 nitrogen and oxygen atoms in total. The van der Waals surface area contributed by atoms with Gasteiger partial charge in [-0.15, -0.1) is 0 Å². The van der Waals surface area contributed by atoms with Gasteiger partial charge in [-0.25, -0.2) is 8.42 Å². The molecule has 1 aliphatic rings. The summed E-state index contributed by atoms with van der Waals surface area (Å²) in [6.07, 6.45) is 2.66. The Labute approximate surface area is 150 Å². The van der Waals surface area contributed by atoms with E-state index in [2.05, 4.69) is 15.5 Å². The van der Waals surface area contributed by atoms with Crippen LogP contribution in [0.1, 0.15) is 42.7 Å². The minimum Gasteiger partial charge on any atom is -0.370 e. The number of nitrogens with zero attached hydrogens (tertiary/aromatic N) is 2. The van der Waals surface area contributed by atoms with Crippen molar-refractivity contribution in [2.24, 2.45) is 11.7 Å². The lowest BCUT2D eigenvalue weighted by Crippen LogP contribution is -2.44. The van der Waals surface area contributed by atoms with E-state index in [4.69, 9.17) is 10.3 Å². The largest absolute Gasteiger partial charge is 0.370 e.